The minimum atomic E-state index is -1.85. The van der Waals surface area contributed by atoms with Gasteiger partial charge in [0.05, 0.1) is 64.8 Å². The van der Waals surface area contributed by atoms with Gasteiger partial charge in [-0.2, -0.15) is 0 Å². The minimum absolute atomic E-state index is 0.106. The van der Waals surface area contributed by atoms with Crippen LogP contribution in [0.5, 0.6) is 0 Å². The summed E-state index contributed by atoms with van der Waals surface area (Å²) in [5.74, 6) is -2.58. The molecule has 6 rings (SSSR count). The molecule has 0 amide bonds. The van der Waals surface area contributed by atoms with Crippen LogP contribution in [0.25, 0.3) is 5.69 Å². The van der Waals surface area contributed by atoms with Gasteiger partial charge in [0.25, 0.3) is 0 Å². The minimum Gasteiger partial charge on any atom is -0.448 e. The molecule has 22 heteroatoms. The molecule has 0 bridgehead atoms. The lowest BCUT2D eigenvalue weighted by atomic mass is 9.79. The number of halogens is 1. The van der Waals surface area contributed by atoms with Crippen molar-refractivity contribution in [2.24, 2.45) is 17.6 Å². The smallest absolute Gasteiger partial charge is 0.312 e. The Kier molecular flexibility index (Phi) is 20.8. The Hall–Kier alpha value is -2.82. The fourth-order valence-corrected chi connectivity index (χ4v) is 11.1. The van der Waals surface area contributed by atoms with Crippen molar-refractivity contribution in [3.05, 3.63) is 53.6 Å². The second-order valence-electron chi connectivity index (χ2n) is 21.6. The van der Waals surface area contributed by atoms with Crippen LogP contribution in [0.1, 0.15) is 111 Å². The highest BCUT2D eigenvalue weighted by Crippen LogP contribution is 2.40. The first-order valence-electron chi connectivity index (χ1n) is 25.9. The van der Waals surface area contributed by atoms with Crippen molar-refractivity contribution >= 4 is 28.6 Å². The number of cyclic esters (lactones) is 1. The number of aryl methyl sites for hydroxylation is 2. The van der Waals surface area contributed by atoms with E-state index in [2.05, 4.69) is 37.7 Å². The van der Waals surface area contributed by atoms with Crippen molar-refractivity contribution in [3.63, 3.8) is 0 Å². The first-order valence-corrected chi connectivity index (χ1v) is 27.1. The van der Waals surface area contributed by atoms with Gasteiger partial charge in [-0.15, -0.1) is 10.2 Å². The maximum absolute atomic E-state index is 14.3. The van der Waals surface area contributed by atoms with Gasteiger partial charge in [-0.1, -0.05) is 29.5 Å². The molecule has 3 aliphatic rings. The van der Waals surface area contributed by atoms with Crippen LogP contribution in [0, 0.1) is 11.8 Å². The molecule has 7 N–H and O–H groups in total. The number of rotatable bonds is 16. The van der Waals surface area contributed by atoms with Crippen LogP contribution in [-0.2, 0) is 59.1 Å². The summed E-state index contributed by atoms with van der Waals surface area (Å²) in [7, 11) is 5.27. The Morgan fingerprint density at radius 2 is 1.63 bits per heavy atom. The average Bonchev–Trinajstić information content (AvgIpc) is 4.04. The molecule has 2 aromatic heterocycles. The van der Waals surface area contributed by atoms with E-state index in [1.165, 1.54) is 19.6 Å². The van der Waals surface area contributed by atoms with Crippen LogP contribution in [0.4, 0.5) is 0 Å². The van der Waals surface area contributed by atoms with Crippen LogP contribution in [0.15, 0.2) is 36.7 Å². The Bertz CT molecular complexity index is 2190. The van der Waals surface area contributed by atoms with E-state index in [-0.39, 0.29) is 18.9 Å². The Morgan fingerprint density at radius 3 is 2.30 bits per heavy atom. The number of carbonyl (C=O) groups excluding carboxylic acids is 1. The molecule has 5 heterocycles. The third kappa shape index (κ3) is 14.6. The molecule has 17 atom stereocenters. The topological polar surface area (TPSA) is 268 Å². The molecule has 3 fully saturated rings. The maximum Gasteiger partial charge on any atom is 0.312 e. The lowest BCUT2D eigenvalue weighted by Crippen LogP contribution is -2.60. The van der Waals surface area contributed by atoms with E-state index in [4.69, 9.17) is 34.2 Å². The summed E-state index contributed by atoms with van der Waals surface area (Å²) in [5.41, 5.74) is 4.92. The van der Waals surface area contributed by atoms with E-state index in [0.29, 0.717) is 38.9 Å². The number of unbranched alkanes of at least 4 members (excludes halogenated alkanes) is 1. The highest BCUT2D eigenvalue weighted by molar-refractivity contribution is 14.1. The molecule has 21 nitrogen and oxygen atoms in total. The summed E-state index contributed by atoms with van der Waals surface area (Å²) in [6.45, 7) is 15.8. The Balaban J connectivity index is 1.15. The number of likely N-dealkylation sites (N-methyl/N-ethyl adjacent to an activating group) is 2. The molecule has 3 saturated heterocycles. The summed E-state index contributed by atoms with van der Waals surface area (Å²) in [6, 6.07) is 7.32. The predicted octanol–water partition coefficient (Wildman–Crippen LogP) is 2.90. The third-order valence-corrected chi connectivity index (χ3v) is 17.2. The zero-order chi connectivity index (χ0) is 53.6. The first kappa shape index (κ1) is 59.4. The monoisotopic (exact) mass is 1140 g/mol. The number of nitrogens with two attached hydrogens (primary N) is 1. The lowest BCUT2D eigenvalue weighted by Gasteiger charge is -2.48. The number of aliphatic hydroxyl groups excluding tert-OH is 3. The number of esters is 1. The number of nitrogens with zero attached hydrogens (tertiary/aromatic N) is 8. The molecule has 0 radical (unpaired) electrons. The first-order chi connectivity index (χ1) is 34.4. The van der Waals surface area contributed by atoms with E-state index in [1.807, 2.05) is 84.6 Å². The van der Waals surface area contributed by atoms with Crippen LogP contribution in [0.2, 0.25) is 0 Å². The molecular weight excluding hydrogens is 1060 g/mol. The average molecular weight is 1140 g/mol. The van der Waals surface area contributed by atoms with Crippen molar-refractivity contribution in [1.29, 1.82) is 0 Å². The summed E-state index contributed by atoms with van der Waals surface area (Å²) >= 11 is 1.83. The van der Waals surface area contributed by atoms with Crippen LogP contribution < -0.4 is 5.73 Å². The number of hydrogen-bond acceptors (Lipinski definition) is 19. The van der Waals surface area contributed by atoms with Crippen molar-refractivity contribution < 1.29 is 58.7 Å². The van der Waals surface area contributed by atoms with Gasteiger partial charge in [0.15, 0.2) is 16.7 Å². The molecule has 1 aromatic carbocycles. The van der Waals surface area contributed by atoms with Gasteiger partial charge < -0.3 is 69.5 Å². The van der Waals surface area contributed by atoms with Gasteiger partial charge >= 0.3 is 5.97 Å². The number of carbonyl (C=O) groups is 1. The van der Waals surface area contributed by atoms with Crippen LogP contribution >= 0.6 is 22.6 Å². The molecule has 0 aliphatic carbocycles. The number of ether oxygens (including phenoxy) is 6. The molecule has 73 heavy (non-hydrogen) atoms. The molecule has 0 unspecified atom stereocenters. The van der Waals surface area contributed by atoms with Gasteiger partial charge in [-0.3, -0.25) is 9.48 Å². The van der Waals surface area contributed by atoms with Gasteiger partial charge in [0.2, 0.25) is 0 Å². The molecule has 3 aliphatic heterocycles. The molecular formula is C51H84IN9O12. The lowest BCUT2D eigenvalue weighted by molar-refractivity contribution is -0.317. The Labute approximate surface area is 444 Å². The van der Waals surface area contributed by atoms with E-state index in [9.17, 15) is 30.3 Å². The molecule has 3 aromatic rings. The van der Waals surface area contributed by atoms with E-state index in [0.717, 1.165) is 42.9 Å². The van der Waals surface area contributed by atoms with E-state index in [1.54, 1.807) is 39.3 Å². The summed E-state index contributed by atoms with van der Waals surface area (Å²) < 4.78 is 40.4. The highest BCUT2D eigenvalue weighted by atomic mass is 127. The van der Waals surface area contributed by atoms with Gasteiger partial charge in [0.1, 0.15) is 23.9 Å². The number of hydrogen-bond donors (Lipinski definition) is 6. The summed E-state index contributed by atoms with van der Waals surface area (Å²) in [4.78, 5) is 18.3. The maximum atomic E-state index is 14.3. The number of alkyl halides is 1. The SMILES string of the molecule is CO[C@]1(C)C[C@H](O[C@H]2[C@H](C)[C@@H](O[C@@H]3O[C@H](C)C[C@H](N(C)CCc4cn(CCCCc5ccc(-n6cc(CN)nn6)cc5)nn4)[C@H]3O)[C@](C)(O)CCCN(C)[C@H](C)[C@@H](O)[C@](C)(O)[C@@H](I)OC(=O)[C@@H]2C)O[C@@H](C)[C@@H]1O. The normalized spacial score (nSPS) is 37.7. The number of aromatic nitrogens is 6. The van der Waals surface area contributed by atoms with E-state index < -0.39 is 100 Å². The molecule has 0 saturated carbocycles. The van der Waals surface area contributed by atoms with Gasteiger partial charge in [-0.25, -0.2) is 4.68 Å². The quantitative estimate of drug-likeness (QED) is 0.0521. The van der Waals surface area contributed by atoms with Crippen molar-refractivity contribution in [3.8, 4) is 5.69 Å². The summed E-state index contributed by atoms with van der Waals surface area (Å²) in [5, 5.41) is 76.0. The molecule has 0 spiro atoms. The van der Waals surface area contributed by atoms with Gasteiger partial charge in [-0.05, 0) is 148 Å². The van der Waals surface area contributed by atoms with Crippen molar-refractivity contribution in [1.82, 2.24) is 39.8 Å². The van der Waals surface area contributed by atoms with Crippen molar-refractivity contribution in [2.75, 3.05) is 34.3 Å². The second kappa shape index (κ2) is 25.6. The van der Waals surface area contributed by atoms with Crippen molar-refractivity contribution in [2.45, 2.75) is 208 Å². The highest BCUT2D eigenvalue weighted by Gasteiger charge is 2.52. The second-order valence-corrected chi connectivity index (χ2v) is 22.8. The van der Waals surface area contributed by atoms with Gasteiger partial charge in [0, 0.05) is 63.8 Å². The fourth-order valence-electron chi connectivity index (χ4n) is 10.5. The standard InChI is InChI=1S/C51H84IN9O12/c1-30-25-39(59(10)24-20-36-28-60(56-54-36)23-13-12-15-35-16-18-38(19-17-35)61-29-37(27-53)55-57-61)41(62)47(69-30)72-45-31(2)42(71-40-26-50(7,68-11)44(64)34(5)70-40)32(3)46(65)73-48(52)51(8,67)43(63)33(4)58(9)22-14-21-49(45,6)66/h16-19,28-34,39-45,47-48,62-64,66-67H,12-15,20-27,53H2,1-11H3/t30-,31+,32-,33-,34+,39+,40+,41-,42+,43-,44+,45-,47+,48+,49-,50-,51+/m1/s1. The fraction of sp³-hybridized carbons (Fsp3) is 0.784. The Morgan fingerprint density at radius 1 is 0.932 bits per heavy atom. The predicted molar refractivity (Wildman–Crippen MR) is 278 cm³/mol. The number of benzene rings is 1. The van der Waals surface area contributed by atoms with Crippen LogP contribution in [0.3, 0.4) is 0 Å². The zero-order valence-corrected chi connectivity index (χ0v) is 46.8. The third-order valence-electron chi connectivity index (χ3n) is 15.7. The zero-order valence-electron chi connectivity index (χ0n) is 44.7. The number of methoxy groups -OCH3 is 1. The summed E-state index contributed by atoms with van der Waals surface area (Å²) in [6.07, 6.45) is -0.326. The molecule has 412 valence electrons. The number of aliphatic hydroxyl groups is 5. The van der Waals surface area contributed by atoms with E-state index >= 15 is 0 Å². The largest absolute Gasteiger partial charge is 0.448 e. The van der Waals surface area contributed by atoms with Crippen LogP contribution in [-0.4, -0.2) is 194 Å².